The van der Waals surface area contributed by atoms with E-state index >= 15 is 0 Å². The summed E-state index contributed by atoms with van der Waals surface area (Å²) in [5.74, 6) is 0.216. The quantitative estimate of drug-likeness (QED) is 0.816. The molecule has 0 radical (unpaired) electrons. The van der Waals surface area contributed by atoms with Crippen molar-refractivity contribution in [1.29, 1.82) is 0 Å². The topological polar surface area (TPSA) is 44.8 Å². The predicted molar refractivity (Wildman–Crippen MR) is 82.2 cm³/mol. The molecule has 3 aliphatic rings. The van der Waals surface area contributed by atoms with E-state index in [1.165, 1.54) is 25.7 Å². The molecule has 3 fully saturated rings. The van der Waals surface area contributed by atoms with Crippen LogP contribution in [0.4, 0.5) is 0 Å². The molecule has 2 saturated heterocycles. The predicted octanol–water partition coefficient (Wildman–Crippen LogP) is 0.839. The molecule has 1 amide bonds. The Morgan fingerprint density at radius 2 is 1.90 bits per heavy atom. The lowest BCUT2D eigenvalue weighted by molar-refractivity contribution is -0.123. The molecule has 3 atom stereocenters. The van der Waals surface area contributed by atoms with Crippen LogP contribution >= 0.6 is 0 Å². The summed E-state index contributed by atoms with van der Waals surface area (Å²) in [6.07, 6.45) is 5.41. The molecule has 120 valence electrons. The second-order valence-electron chi connectivity index (χ2n) is 7.08. The molecule has 0 aromatic rings. The minimum Gasteiger partial charge on any atom is -0.373 e. The lowest BCUT2D eigenvalue weighted by Gasteiger charge is -2.38. The van der Waals surface area contributed by atoms with Crippen molar-refractivity contribution in [2.75, 3.05) is 32.7 Å². The van der Waals surface area contributed by atoms with E-state index < -0.39 is 0 Å². The number of morpholine rings is 1. The Bertz CT molecular complexity index is 363. The van der Waals surface area contributed by atoms with Crippen LogP contribution < -0.4 is 5.32 Å². The molecular weight excluding hydrogens is 266 g/mol. The van der Waals surface area contributed by atoms with E-state index in [0.29, 0.717) is 30.8 Å². The van der Waals surface area contributed by atoms with Crippen molar-refractivity contribution in [3.05, 3.63) is 0 Å². The van der Waals surface area contributed by atoms with Gasteiger partial charge in [-0.2, -0.15) is 0 Å². The third-order valence-electron chi connectivity index (χ3n) is 4.75. The fourth-order valence-corrected chi connectivity index (χ4v) is 3.73. The standard InChI is InChI=1S/C16H29N3O2/c1-12-8-18(9-13(2)21-12)10-15-4-3-7-19(15)11-16(20)17-14-5-6-14/h12-15H,3-11H2,1-2H3,(H,17,20)/t12-,13-,15-/m1/s1. The van der Waals surface area contributed by atoms with Crippen LogP contribution in [0.15, 0.2) is 0 Å². The van der Waals surface area contributed by atoms with Gasteiger partial charge in [0.05, 0.1) is 18.8 Å². The first-order valence-corrected chi connectivity index (χ1v) is 8.51. The first-order chi connectivity index (χ1) is 10.1. The minimum absolute atomic E-state index is 0.216. The van der Waals surface area contributed by atoms with Crippen molar-refractivity contribution in [3.63, 3.8) is 0 Å². The van der Waals surface area contributed by atoms with Crippen molar-refractivity contribution < 1.29 is 9.53 Å². The van der Waals surface area contributed by atoms with Crippen molar-refractivity contribution in [1.82, 2.24) is 15.1 Å². The molecule has 0 aromatic carbocycles. The monoisotopic (exact) mass is 295 g/mol. The summed E-state index contributed by atoms with van der Waals surface area (Å²) < 4.78 is 5.80. The molecule has 1 N–H and O–H groups in total. The van der Waals surface area contributed by atoms with Gasteiger partial charge in [0.2, 0.25) is 5.91 Å². The van der Waals surface area contributed by atoms with Gasteiger partial charge in [0.25, 0.3) is 0 Å². The van der Waals surface area contributed by atoms with E-state index in [-0.39, 0.29) is 5.91 Å². The number of amides is 1. The second-order valence-corrected chi connectivity index (χ2v) is 7.08. The third-order valence-corrected chi connectivity index (χ3v) is 4.75. The normalized spacial score (nSPS) is 35.0. The first-order valence-electron chi connectivity index (χ1n) is 8.51. The zero-order valence-electron chi connectivity index (χ0n) is 13.4. The Morgan fingerprint density at radius 3 is 2.57 bits per heavy atom. The van der Waals surface area contributed by atoms with Crippen LogP contribution in [0.1, 0.15) is 39.5 Å². The van der Waals surface area contributed by atoms with E-state index in [1.54, 1.807) is 0 Å². The number of hydrogen-bond acceptors (Lipinski definition) is 4. The Morgan fingerprint density at radius 1 is 1.19 bits per heavy atom. The number of carbonyl (C=O) groups excluding carboxylic acids is 1. The van der Waals surface area contributed by atoms with Crippen LogP contribution in [-0.2, 0) is 9.53 Å². The molecule has 5 nitrogen and oxygen atoms in total. The molecule has 0 spiro atoms. The molecular formula is C16H29N3O2. The summed E-state index contributed by atoms with van der Waals surface area (Å²) in [5, 5.41) is 3.10. The highest BCUT2D eigenvalue weighted by atomic mass is 16.5. The molecule has 1 aliphatic carbocycles. The summed E-state index contributed by atoms with van der Waals surface area (Å²) in [7, 11) is 0. The molecule has 2 aliphatic heterocycles. The largest absolute Gasteiger partial charge is 0.373 e. The average Bonchev–Trinajstić information content (AvgIpc) is 3.09. The molecule has 5 heteroatoms. The number of likely N-dealkylation sites (tertiary alicyclic amines) is 1. The van der Waals surface area contributed by atoms with Crippen molar-refractivity contribution in [2.24, 2.45) is 0 Å². The van der Waals surface area contributed by atoms with Crippen LogP contribution in [0.3, 0.4) is 0 Å². The van der Waals surface area contributed by atoms with Gasteiger partial charge in [0, 0.05) is 31.7 Å². The highest BCUT2D eigenvalue weighted by Gasteiger charge is 2.31. The molecule has 3 rings (SSSR count). The average molecular weight is 295 g/mol. The van der Waals surface area contributed by atoms with Gasteiger partial charge in [0.1, 0.15) is 0 Å². The lowest BCUT2D eigenvalue weighted by atomic mass is 10.1. The molecule has 0 bridgehead atoms. The van der Waals surface area contributed by atoms with Gasteiger partial charge < -0.3 is 10.1 Å². The van der Waals surface area contributed by atoms with Crippen LogP contribution in [0, 0.1) is 0 Å². The maximum atomic E-state index is 12.0. The maximum Gasteiger partial charge on any atom is 0.234 e. The van der Waals surface area contributed by atoms with Gasteiger partial charge in [-0.25, -0.2) is 0 Å². The Balaban J connectivity index is 1.47. The summed E-state index contributed by atoms with van der Waals surface area (Å²) >= 11 is 0. The summed E-state index contributed by atoms with van der Waals surface area (Å²) in [6, 6.07) is 1.01. The minimum atomic E-state index is 0.216. The summed E-state index contributed by atoms with van der Waals surface area (Å²) in [5.41, 5.74) is 0. The Hall–Kier alpha value is -0.650. The van der Waals surface area contributed by atoms with E-state index in [1.807, 2.05) is 0 Å². The highest BCUT2D eigenvalue weighted by Crippen LogP contribution is 2.21. The molecule has 0 unspecified atom stereocenters. The van der Waals surface area contributed by atoms with Crippen molar-refractivity contribution >= 4 is 5.91 Å². The Labute approximate surface area is 128 Å². The smallest absolute Gasteiger partial charge is 0.234 e. The maximum absolute atomic E-state index is 12.0. The van der Waals surface area contributed by atoms with Gasteiger partial charge in [0.15, 0.2) is 0 Å². The number of rotatable bonds is 5. The van der Waals surface area contributed by atoms with Crippen LogP contribution in [-0.4, -0.2) is 72.7 Å². The molecule has 1 saturated carbocycles. The zero-order valence-corrected chi connectivity index (χ0v) is 13.4. The lowest BCUT2D eigenvalue weighted by Crippen LogP contribution is -2.51. The van der Waals surface area contributed by atoms with Crippen LogP contribution in [0.2, 0.25) is 0 Å². The van der Waals surface area contributed by atoms with Crippen LogP contribution in [0.25, 0.3) is 0 Å². The van der Waals surface area contributed by atoms with E-state index in [4.69, 9.17) is 4.74 Å². The fourth-order valence-electron chi connectivity index (χ4n) is 3.73. The van der Waals surface area contributed by atoms with E-state index in [9.17, 15) is 4.79 Å². The molecule has 0 aromatic heterocycles. The number of nitrogens with one attached hydrogen (secondary N) is 1. The number of ether oxygens (including phenoxy) is 1. The van der Waals surface area contributed by atoms with Gasteiger partial charge in [-0.05, 0) is 46.1 Å². The highest BCUT2D eigenvalue weighted by molar-refractivity contribution is 5.78. The van der Waals surface area contributed by atoms with Crippen molar-refractivity contribution in [2.45, 2.75) is 63.8 Å². The van der Waals surface area contributed by atoms with Gasteiger partial charge in [-0.1, -0.05) is 0 Å². The second kappa shape index (κ2) is 6.63. The number of nitrogens with zero attached hydrogens (tertiary/aromatic N) is 2. The van der Waals surface area contributed by atoms with Gasteiger partial charge in [-0.3, -0.25) is 14.6 Å². The zero-order chi connectivity index (χ0) is 14.8. The van der Waals surface area contributed by atoms with Gasteiger partial charge >= 0.3 is 0 Å². The van der Waals surface area contributed by atoms with E-state index in [2.05, 4.69) is 29.0 Å². The van der Waals surface area contributed by atoms with E-state index in [0.717, 1.165) is 26.2 Å². The molecule has 21 heavy (non-hydrogen) atoms. The SMILES string of the molecule is C[C@@H]1CN(C[C@H]2CCCN2CC(=O)NC2CC2)C[C@@H](C)O1. The number of carbonyl (C=O) groups is 1. The summed E-state index contributed by atoms with van der Waals surface area (Å²) in [4.78, 5) is 16.9. The van der Waals surface area contributed by atoms with Crippen LogP contribution in [0.5, 0.6) is 0 Å². The van der Waals surface area contributed by atoms with Gasteiger partial charge in [-0.15, -0.1) is 0 Å². The first kappa shape index (κ1) is 15.3. The Kier molecular flexibility index (Phi) is 4.82. The number of hydrogen-bond donors (Lipinski definition) is 1. The third kappa shape index (κ3) is 4.41. The van der Waals surface area contributed by atoms with Crippen molar-refractivity contribution in [3.8, 4) is 0 Å². The summed E-state index contributed by atoms with van der Waals surface area (Å²) in [6.45, 7) is 9.06. The molecule has 2 heterocycles. The fraction of sp³-hybridized carbons (Fsp3) is 0.938.